The molecule has 8 nitrogen and oxygen atoms in total. The molecular formula is C23H26FN3O5S. The third kappa shape index (κ3) is 4.92. The molecule has 0 unspecified atom stereocenters. The maximum Gasteiger partial charge on any atom is 0.247 e. The third-order valence-electron chi connectivity index (χ3n) is 6.17. The number of nitrogens with zero attached hydrogens (tertiary/aromatic N) is 3. The van der Waals surface area contributed by atoms with E-state index in [1.54, 1.807) is 7.11 Å². The van der Waals surface area contributed by atoms with Crippen molar-refractivity contribution >= 4 is 21.8 Å². The van der Waals surface area contributed by atoms with Crippen LogP contribution in [0.2, 0.25) is 0 Å². The van der Waals surface area contributed by atoms with Crippen LogP contribution in [0.4, 0.5) is 4.39 Å². The summed E-state index contributed by atoms with van der Waals surface area (Å²) in [5, 5.41) is 0. The van der Waals surface area contributed by atoms with Crippen LogP contribution < -0.4 is 4.74 Å². The second-order valence-corrected chi connectivity index (χ2v) is 10.0. The number of carbonyl (C=O) groups excluding carboxylic acids is 2. The lowest BCUT2D eigenvalue weighted by molar-refractivity contribution is -0.139. The van der Waals surface area contributed by atoms with E-state index in [2.05, 4.69) is 0 Å². The van der Waals surface area contributed by atoms with Crippen molar-refractivity contribution < 1.29 is 27.1 Å². The first-order valence-corrected chi connectivity index (χ1v) is 12.2. The standard InChI is InChI=1S/C23H26FN3O5S/c1-32-19-6-2-17(3-7-19)10-11-27-22(28)16-21(23(27)29)25-12-14-26(15-13-25)33(30,31)20-8-4-18(24)5-9-20/h2-9,21H,10-16H2,1H3/t21-/m1/s1. The molecule has 0 bridgehead atoms. The number of likely N-dealkylation sites (tertiary alicyclic amines) is 1. The summed E-state index contributed by atoms with van der Waals surface area (Å²) < 4.78 is 45.2. The van der Waals surface area contributed by atoms with Gasteiger partial charge in [-0.1, -0.05) is 12.1 Å². The van der Waals surface area contributed by atoms with Crippen LogP contribution in [0.5, 0.6) is 5.75 Å². The largest absolute Gasteiger partial charge is 0.497 e. The number of rotatable bonds is 7. The van der Waals surface area contributed by atoms with Gasteiger partial charge in [0.05, 0.1) is 24.5 Å². The number of benzene rings is 2. The van der Waals surface area contributed by atoms with Gasteiger partial charge in [-0.05, 0) is 48.4 Å². The number of imide groups is 1. The molecule has 4 rings (SSSR count). The van der Waals surface area contributed by atoms with Crippen molar-refractivity contribution in [2.45, 2.75) is 23.8 Å². The summed E-state index contributed by atoms with van der Waals surface area (Å²) in [6, 6.07) is 11.7. The highest BCUT2D eigenvalue weighted by Gasteiger charge is 2.43. The summed E-state index contributed by atoms with van der Waals surface area (Å²) >= 11 is 0. The SMILES string of the molecule is COc1ccc(CCN2C(=O)C[C@@H](N3CCN(S(=O)(=O)c4ccc(F)cc4)CC3)C2=O)cc1. The van der Waals surface area contributed by atoms with Crippen molar-refractivity contribution in [2.24, 2.45) is 0 Å². The Balaban J connectivity index is 1.34. The molecule has 0 radical (unpaired) electrons. The van der Waals surface area contributed by atoms with Crippen molar-refractivity contribution in [3.05, 3.63) is 59.9 Å². The van der Waals surface area contributed by atoms with Gasteiger partial charge in [0.2, 0.25) is 21.8 Å². The molecule has 0 aromatic heterocycles. The molecule has 2 saturated heterocycles. The number of ether oxygens (including phenoxy) is 1. The monoisotopic (exact) mass is 475 g/mol. The van der Waals surface area contributed by atoms with Crippen molar-refractivity contribution in [3.8, 4) is 5.75 Å². The van der Waals surface area contributed by atoms with E-state index < -0.39 is 21.9 Å². The number of halogens is 1. The van der Waals surface area contributed by atoms with Gasteiger partial charge >= 0.3 is 0 Å². The molecule has 2 amide bonds. The molecule has 176 valence electrons. The predicted octanol–water partition coefficient (Wildman–Crippen LogP) is 1.51. The molecule has 2 aromatic rings. The fraction of sp³-hybridized carbons (Fsp3) is 0.391. The van der Waals surface area contributed by atoms with E-state index in [0.717, 1.165) is 23.4 Å². The van der Waals surface area contributed by atoms with Gasteiger partial charge in [-0.2, -0.15) is 4.31 Å². The van der Waals surface area contributed by atoms with Crippen LogP contribution in [0, 0.1) is 5.82 Å². The minimum Gasteiger partial charge on any atom is -0.497 e. The summed E-state index contributed by atoms with van der Waals surface area (Å²) in [4.78, 5) is 28.7. The van der Waals surface area contributed by atoms with Crippen LogP contribution in [0.3, 0.4) is 0 Å². The summed E-state index contributed by atoms with van der Waals surface area (Å²) in [5.41, 5.74) is 1.000. The van der Waals surface area contributed by atoms with E-state index >= 15 is 0 Å². The average Bonchev–Trinajstić information content (AvgIpc) is 3.11. The van der Waals surface area contributed by atoms with E-state index in [4.69, 9.17) is 4.74 Å². The maximum absolute atomic E-state index is 13.1. The summed E-state index contributed by atoms with van der Waals surface area (Å²) in [5.74, 6) is -0.198. The Morgan fingerprint density at radius 2 is 1.61 bits per heavy atom. The van der Waals surface area contributed by atoms with Crippen molar-refractivity contribution in [1.82, 2.24) is 14.1 Å². The first kappa shape index (κ1) is 23.3. The molecule has 33 heavy (non-hydrogen) atoms. The highest BCUT2D eigenvalue weighted by molar-refractivity contribution is 7.89. The van der Waals surface area contributed by atoms with Gasteiger partial charge in [-0.3, -0.25) is 19.4 Å². The van der Waals surface area contributed by atoms with Crippen LogP contribution >= 0.6 is 0 Å². The second-order valence-electron chi connectivity index (χ2n) is 8.10. The molecule has 2 heterocycles. The predicted molar refractivity (Wildman–Crippen MR) is 119 cm³/mol. The molecule has 0 saturated carbocycles. The summed E-state index contributed by atoms with van der Waals surface area (Å²) in [7, 11) is -2.14. The Morgan fingerprint density at radius 1 is 0.970 bits per heavy atom. The van der Waals surface area contributed by atoms with Crippen LogP contribution in [-0.4, -0.2) is 80.2 Å². The fourth-order valence-electron chi connectivity index (χ4n) is 4.23. The van der Waals surface area contributed by atoms with Crippen LogP contribution in [0.15, 0.2) is 53.4 Å². The molecule has 2 fully saturated rings. The maximum atomic E-state index is 13.1. The zero-order valence-corrected chi connectivity index (χ0v) is 19.1. The van der Waals surface area contributed by atoms with Crippen LogP contribution in [0.25, 0.3) is 0 Å². The highest BCUT2D eigenvalue weighted by Crippen LogP contribution is 2.24. The van der Waals surface area contributed by atoms with E-state index in [1.807, 2.05) is 29.2 Å². The number of hydrogen-bond donors (Lipinski definition) is 0. The molecule has 10 heteroatoms. The fourth-order valence-corrected chi connectivity index (χ4v) is 5.65. The van der Waals surface area contributed by atoms with Crippen LogP contribution in [-0.2, 0) is 26.0 Å². The number of piperazine rings is 1. The average molecular weight is 476 g/mol. The molecule has 2 aliphatic rings. The first-order valence-electron chi connectivity index (χ1n) is 10.8. The smallest absolute Gasteiger partial charge is 0.247 e. The van der Waals surface area contributed by atoms with E-state index in [9.17, 15) is 22.4 Å². The number of hydrogen-bond acceptors (Lipinski definition) is 6. The Labute approximate surface area is 192 Å². The van der Waals surface area contributed by atoms with E-state index in [0.29, 0.717) is 26.1 Å². The summed E-state index contributed by atoms with van der Waals surface area (Å²) in [6.07, 6.45) is 0.657. The molecule has 1 atom stereocenters. The topological polar surface area (TPSA) is 87.2 Å². The normalized spacial score (nSPS) is 20.4. The highest BCUT2D eigenvalue weighted by atomic mass is 32.2. The lowest BCUT2D eigenvalue weighted by Gasteiger charge is -2.36. The molecule has 2 aliphatic heterocycles. The molecule has 0 spiro atoms. The number of methoxy groups -OCH3 is 1. The second kappa shape index (κ2) is 9.58. The first-order chi connectivity index (χ1) is 15.8. The van der Waals surface area contributed by atoms with Gasteiger partial charge in [0.25, 0.3) is 0 Å². The van der Waals surface area contributed by atoms with E-state index in [-0.39, 0.29) is 36.2 Å². The number of amides is 2. The lowest BCUT2D eigenvalue weighted by atomic mass is 10.1. The minimum atomic E-state index is -3.74. The van der Waals surface area contributed by atoms with Gasteiger partial charge in [-0.25, -0.2) is 12.8 Å². The zero-order valence-electron chi connectivity index (χ0n) is 18.3. The Hall–Kier alpha value is -2.82. The van der Waals surface area contributed by atoms with Gasteiger partial charge in [0.1, 0.15) is 11.6 Å². The van der Waals surface area contributed by atoms with Gasteiger partial charge in [0.15, 0.2) is 0 Å². The molecular weight excluding hydrogens is 449 g/mol. The minimum absolute atomic E-state index is 0.0363. The van der Waals surface area contributed by atoms with Gasteiger partial charge < -0.3 is 4.74 Å². The van der Waals surface area contributed by atoms with Crippen molar-refractivity contribution in [1.29, 1.82) is 0 Å². The third-order valence-corrected chi connectivity index (χ3v) is 8.08. The molecule has 0 N–H and O–H groups in total. The zero-order chi connectivity index (χ0) is 23.6. The van der Waals surface area contributed by atoms with Gasteiger partial charge in [-0.15, -0.1) is 0 Å². The van der Waals surface area contributed by atoms with Crippen molar-refractivity contribution in [3.63, 3.8) is 0 Å². The summed E-state index contributed by atoms with van der Waals surface area (Å²) in [6.45, 7) is 1.39. The van der Waals surface area contributed by atoms with E-state index in [1.165, 1.54) is 21.3 Å². The van der Waals surface area contributed by atoms with Gasteiger partial charge in [0, 0.05) is 32.7 Å². The number of carbonyl (C=O) groups is 2. The Morgan fingerprint density at radius 3 is 2.21 bits per heavy atom. The Bertz CT molecular complexity index is 1110. The van der Waals surface area contributed by atoms with Crippen LogP contribution in [0.1, 0.15) is 12.0 Å². The lowest BCUT2D eigenvalue weighted by Crippen LogP contribution is -2.53. The quantitative estimate of drug-likeness (QED) is 0.565. The molecule has 2 aromatic carbocycles. The molecule has 0 aliphatic carbocycles. The number of sulfonamides is 1. The Kier molecular flexibility index (Phi) is 6.78. The van der Waals surface area contributed by atoms with Crippen molar-refractivity contribution in [2.75, 3.05) is 39.8 Å².